The van der Waals surface area contributed by atoms with Gasteiger partial charge in [0.2, 0.25) is 0 Å². The van der Waals surface area contributed by atoms with Gasteiger partial charge >= 0.3 is 5.76 Å². The number of alkyl halides is 2. The van der Waals surface area contributed by atoms with E-state index in [-0.39, 0.29) is 29.5 Å². The number of fused-ring (bicyclic) bond motifs is 5. The smallest absolute Gasteiger partial charge is 0.434 e. The number of methoxy groups -OCH3 is 1. The number of amides is 1. The van der Waals surface area contributed by atoms with Crippen molar-refractivity contribution in [3.63, 3.8) is 0 Å². The summed E-state index contributed by atoms with van der Waals surface area (Å²) in [6, 6.07) is 13.4. The van der Waals surface area contributed by atoms with Gasteiger partial charge in [0.05, 0.1) is 40.4 Å². The number of carbonyl (C=O) groups is 1. The predicted octanol–water partition coefficient (Wildman–Crippen LogP) is 7.27. The van der Waals surface area contributed by atoms with Gasteiger partial charge in [-0.1, -0.05) is 24.3 Å². The second-order valence-electron chi connectivity index (χ2n) is 13.0. The Morgan fingerprint density at radius 3 is 2.73 bits per heavy atom. The number of pyridine rings is 2. The second-order valence-corrected chi connectivity index (χ2v) is 14.1. The van der Waals surface area contributed by atoms with Crippen LogP contribution in [0.1, 0.15) is 63.4 Å². The average Bonchev–Trinajstić information content (AvgIpc) is 3.95. The number of carbonyl (C=O) groups excluding carboxylic acids is 1. The number of hydrogen-bond donors (Lipinski definition) is 2. The van der Waals surface area contributed by atoms with Crippen LogP contribution in [-0.2, 0) is 19.3 Å². The van der Waals surface area contributed by atoms with Gasteiger partial charge in [0.15, 0.2) is 0 Å². The number of benzene rings is 2. The van der Waals surface area contributed by atoms with Crippen LogP contribution in [0.25, 0.3) is 32.0 Å². The minimum absolute atomic E-state index is 0.0238. The van der Waals surface area contributed by atoms with Gasteiger partial charge in [-0.2, -0.15) is 0 Å². The van der Waals surface area contributed by atoms with Gasteiger partial charge in [0.1, 0.15) is 23.4 Å². The summed E-state index contributed by atoms with van der Waals surface area (Å²) in [7, 11) is 1.46. The molecule has 3 aliphatic rings. The molecule has 2 aliphatic heterocycles. The number of hydrogen-bond acceptors (Lipinski definition) is 9. The molecule has 0 bridgehead atoms. The molecule has 2 atom stereocenters. The Morgan fingerprint density at radius 2 is 1.94 bits per heavy atom. The third kappa shape index (κ3) is 5.10. The van der Waals surface area contributed by atoms with Crippen molar-refractivity contribution in [1.82, 2.24) is 25.1 Å². The quantitative estimate of drug-likeness (QED) is 0.169. The normalized spacial score (nSPS) is 18.7. The van der Waals surface area contributed by atoms with Crippen molar-refractivity contribution in [3.05, 3.63) is 111 Å². The highest BCUT2D eigenvalue weighted by Gasteiger charge is 2.49. The molecule has 6 aromatic rings. The standard InChI is InChI=1S/C37H29F3N6O4S/c1-49-25-6-2-4-21-22(25)17-37(39,40)32(21)43-33-31-19(13-14-41-33)16-26(51-31)28-27(34-44-45-36(48)50-34)23(12-9-18-7-10-20(38)11-8-18)42-30-24-5-3-15-46(24)35(47)29(28)30/h2,4,6-8,10-11,13-14,16,24,32H,3,5,9,12,15,17H2,1H3,(H,41,43)(H,45,48)/t24-,32+/m1/s1. The second kappa shape index (κ2) is 11.8. The first-order chi connectivity index (χ1) is 24.7. The number of nitrogens with one attached hydrogen (secondary N) is 2. The van der Waals surface area contributed by atoms with E-state index in [9.17, 15) is 14.0 Å². The van der Waals surface area contributed by atoms with E-state index in [1.165, 1.54) is 30.6 Å². The molecule has 51 heavy (non-hydrogen) atoms. The molecule has 1 aliphatic carbocycles. The number of ether oxygens (including phenoxy) is 1. The lowest BCUT2D eigenvalue weighted by Crippen LogP contribution is -2.28. The topological polar surface area (TPSA) is 126 Å². The molecule has 2 N–H and O–H groups in total. The third-order valence-corrected chi connectivity index (χ3v) is 11.2. The highest BCUT2D eigenvalue weighted by molar-refractivity contribution is 7.23. The summed E-state index contributed by atoms with van der Waals surface area (Å²) in [5.74, 6) is -3.75. The minimum atomic E-state index is -3.12. The van der Waals surface area contributed by atoms with Crippen molar-refractivity contribution in [2.24, 2.45) is 0 Å². The molecule has 2 aromatic carbocycles. The largest absolute Gasteiger partial charge is 0.496 e. The highest BCUT2D eigenvalue weighted by atomic mass is 32.1. The van der Waals surface area contributed by atoms with Crippen molar-refractivity contribution in [1.29, 1.82) is 0 Å². The molecule has 0 radical (unpaired) electrons. The lowest BCUT2D eigenvalue weighted by Gasteiger charge is -2.22. The Morgan fingerprint density at radius 1 is 1.10 bits per heavy atom. The zero-order chi connectivity index (χ0) is 35.0. The van der Waals surface area contributed by atoms with E-state index in [0.29, 0.717) is 73.9 Å². The molecule has 14 heteroatoms. The number of halogens is 3. The Balaban J connectivity index is 1.21. The van der Waals surface area contributed by atoms with Gasteiger partial charge in [0.25, 0.3) is 17.7 Å². The maximum Gasteiger partial charge on any atom is 0.434 e. The Kier molecular flexibility index (Phi) is 7.28. The third-order valence-electron chi connectivity index (χ3n) is 10.1. The zero-order valence-electron chi connectivity index (χ0n) is 27.1. The van der Waals surface area contributed by atoms with Gasteiger partial charge in [-0.05, 0) is 72.5 Å². The number of aryl methyl sites for hydroxylation is 2. The fourth-order valence-corrected chi connectivity index (χ4v) is 8.93. The summed E-state index contributed by atoms with van der Waals surface area (Å²) in [5, 5.41) is 10.3. The SMILES string of the molecule is COc1cccc2c1CC(F)(F)[C@H]2Nc1nccc2cc(-c3c4c(nc(CCc5ccc(F)cc5)c3-c3n[nH]c(=O)o3)[C@H]3CCCN3C4=O)sc12. The molecule has 9 rings (SSSR count). The van der Waals surface area contributed by atoms with Gasteiger partial charge < -0.3 is 19.4 Å². The molecule has 1 saturated heterocycles. The van der Waals surface area contributed by atoms with Crippen LogP contribution in [0.4, 0.5) is 19.0 Å². The number of H-pyrrole nitrogens is 1. The number of aromatic amines is 1. The summed E-state index contributed by atoms with van der Waals surface area (Å²) in [6.45, 7) is 0.587. The molecular formula is C37H29F3N6O4S. The van der Waals surface area contributed by atoms with E-state index < -0.39 is 24.1 Å². The summed E-state index contributed by atoms with van der Waals surface area (Å²) in [6.07, 6.45) is 3.54. The van der Waals surface area contributed by atoms with E-state index in [1.807, 2.05) is 11.0 Å². The number of rotatable bonds is 8. The van der Waals surface area contributed by atoms with E-state index in [1.54, 1.807) is 42.6 Å². The van der Waals surface area contributed by atoms with Crippen molar-refractivity contribution in [2.75, 3.05) is 19.0 Å². The number of aromatic nitrogens is 4. The summed E-state index contributed by atoms with van der Waals surface area (Å²) < 4.78 is 56.5. The van der Waals surface area contributed by atoms with Crippen LogP contribution < -0.4 is 15.8 Å². The van der Waals surface area contributed by atoms with E-state index in [0.717, 1.165) is 23.8 Å². The van der Waals surface area contributed by atoms with Crippen LogP contribution in [0.5, 0.6) is 5.75 Å². The van der Waals surface area contributed by atoms with Crippen molar-refractivity contribution in [2.45, 2.75) is 50.1 Å². The van der Waals surface area contributed by atoms with Crippen molar-refractivity contribution >= 4 is 33.1 Å². The van der Waals surface area contributed by atoms with Crippen LogP contribution >= 0.6 is 11.3 Å². The number of anilines is 1. The zero-order valence-corrected chi connectivity index (χ0v) is 28.0. The van der Waals surface area contributed by atoms with Gasteiger partial charge in [-0.15, -0.1) is 16.4 Å². The van der Waals surface area contributed by atoms with Crippen LogP contribution in [0.15, 0.2) is 70.0 Å². The van der Waals surface area contributed by atoms with Crippen molar-refractivity contribution < 1.29 is 27.1 Å². The van der Waals surface area contributed by atoms with Gasteiger partial charge in [0, 0.05) is 35.2 Å². The van der Waals surface area contributed by atoms with Crippen molar-refractivity contribution in [3.8, 4) is 27.6 Å². The lowest BCUT2D eigenvalue weighted by molar-refractivity contribution is -0.00734. The summed E-state index contributed by atoms with van der Waals surface area (Å²) in [5.41, 5.74) is 4.28. The van der Waals surface area contributed by atoms with E-state index in [4.69, 9.17) is 14.1 Å². The van der Waals surface area contributed by atoms with Crippen LogP contribution in [0.3, 0.4) is 0 Å². The number of nitrogens with zero attached hydrogens (tertiary/aromatic N) is 4. The van der Waals surface area contributed by atoms with Gasteiger partial charge in [-0.25, -0.2) is 28.0 Å². The highest BCUT2D eigenvalue weighted by Crippen LogP contribution is 2.52. The fraction of sp³-hybridized carbons (Fsp3) is 0.270. The molecule has 10 nitrogen and oxygen atoms in total. The molecule has 1 amide bonds. The molecule has 0 unspecified atom stereocenters. The molecule has 0 saturated carbocycles. The first-order valence-electron chi connectivity index (χ1n) is 16.6. The van der Waals surface area contributed by atoms with Gasteiger partial charge in [-0.3, -0.25) is 9.78 Å². The molecule has 4 aromatic heterocycles. The van der Waals surface area contributed by atoms with Crippen LogP contribution in [0.2, 0.25) is 0 Å². The lowest BCUT2D eigenvalue weighted by atomic mass is 9.93. The van der Waals surface area contributed by atoms with E-state index >= 15 is 8.78 Å². The Hall–Kier alpha value is -5.50. The number of thiophene rings is 1. The Labute approximate surface area is 292 Å². The summed E-state index contributed by atoms with van der Waals surface area (Å²) in [4.78, 5) is 38.5. The Bertz CT molecular complexity index is 2420. The van der Waals surface area contributed by atoms with Crippen LogP contribution in [-0.4, -0.2) is 50.5 Å². The van der Waals surface area contributed by atoms with Crippen LogP contribution in [0, 0.1) is 5.82 Å². The fourth-order valence-electron chi connectivity index (χ4n) is 7.77. The van der Waals surface area contributed by atoms with E-state index in [2.05, 4.69) is 20.5 Å². The molecule has 0 spiro atoms. The maximum absolute atomic E-state index is 15.6. The summed E-state index contributed by atoms with van der Waals surface area (Å²) >= 11 is 1.29. The first kappa shape index (κ1) is 31.5. The maximum atomic E-state index is 15.6. The monoisotopic (exact) mass is 710 g/mol. The average molecular weight is 711 g/mol. The molecule has 258 valence electrons. The first-order valence-corrected chi connectivity index (χ1v) is 17.4. The molecular weight excluding hydrogens is 682 g/mol. The predicted molar refractivity (Wildman–Crippen MR) is 184 cm³/mol. The minimum Gasteiger partial charge on any atom is -0.496 e. The molecule has 6 heterocycles. The molecule has 1 fully saturated rings.